The fourth-order valence-corrected chi connectivity index (χ4v) is 2.49. The quantitative estimate of drug-likeness (QED) is 0.860. The van der Waals surface area contributed by atoms with E-state index in [4.69, 9.17) is 4.74 Å². The number of nitrogens with one attached hydrogen (secondary N) is 1. The molecular weight excluding hydrogens is 228 g/mol. The van der Waals surface area contributed by atoms with E-state index in [9.17, 15) is 0 Å². The number of hydrogen-bond donors (Lipinski definition) is 1. The summed E-state index contributed by atoms with van der Waals surface area (Å²) >= 11 is 0. The minimum atomic E-state index is 0.160. The molecular formula is C13H24N4O. The lowest BCUT2D eigenvalue weighted by atomic mass is 10.1. The number of nitrogens with zero attached hydrogens (tertiary/aromatic N) is 3. The fraction of sp³-hybridized carbons (Fsp3) is 0.769. The molecule has 102 valence electrons. The number of ether oxygens (including phenoxy) is 1. The summed E-state index contributed by atoms with van der Waals surface area (Å²) in [5, 5.41) is 7.82. The summed E-state index contributed by atoms with van der Waals surface area (Å²) < 4.78 is 7.76. The van der Waals surface area contributed by atoms with Gasteiger partial charge < -0.3 is 10.1 Å². The van der Waals surface area contributed by atoms with Gasteiger partial charge >= 0.3 is 0 Å². The van der Waals surface area contributed by atoms with E-state index in [1.807, 2.05) is 25.0 Å². The standard InChI is InChI=1S/C13H24N4O/c1-10(2)17-7-8-18-12(9-17)13(14-3)11-5-6-16(4)15-11/h5-6,10,12-14H,7-9H2,1-4H3. The predicted molar refractivity (Wildman–Crippen MR) is 71.5 cm³/mol. The van der Waals surface area contributed by atoms with Crippen LogP contribution in [0.15, 0.2) is 12.3 Å². The van der Waals surface area contributed by atoms with E-state index in [1.165, 1.54) is 0 Å². The van der Waals surface area contributed by atoms with E-state index in [0.717, 1.165) is 25.4 Å². The van der Waals surface area contributed by atoms with Gasteiger partial charge in [0.1, 0.15) is 0 Å². The summed E-state index contributed by atoms with van der Waals surface area (Å²) in [4.78, 5) is 2.46. The highest BCUT2D eigenvalue weighted by atomic mass is 16.5. The Hall–Kier alpha value is -0.910. The molecule has 18 heavy (non-hydrogen) atoms. The second kappa shape index (κ2) is 5.82. The molecule has 0 radical (unpaired) electrons. The molecule has 5 nitrogen and oxygen atoms in total. The van der Waals surface area contributed by atoms with E-state index in [2.05, 4.69) is 35.2 Å². The van der Waals surface area contributed by atoms with E-state index in [0.29, 0.717) is 6.04 Å². The molecule has 1 aromatic rings. The number of morpholine rings is 1. The van der Waals surface area contributed by atoms with Gasteiger partial charge in [-0.15, -0.1) is 0 Å². The third kappa shape index (κ3) is 2.91. The topological polar surface area (TPSA) is 42.3 Å². The average Bonchev–Trinajstić information content (AvgIpc) is 2.77. The van der Waals surface area contributed by atoms with Crippen molar-refractivity contribution in [2.75, 3.05) is 26.7 Å². The maximum absolute atomic E-state index is 5.92. The first-order chi connectivity index (χ1) is 8.61. The molecule has 0 bridgehead atoms. The molecule has 2 heterocycles. The molecule has 0 saturated carbocycles. The molecule has 1 N–H and O–H groups in total. The van der Waals surface area contributed by atoms with Gasteiger partial charge in [-0.05, 0) is 27.0 Å². The van der Waals surface area contributed by atoms with Crippen molar-refractivity contribution < 1.29 is 4.74 Å². The van der Waals surface area contributed by atoms with Crippen LogP contribution >= 0.6 is 0 Å². The third-order valence-electron chi connectivity index (χ3n) is 3.59. The molecule has 1 aromatic heterocycles. The van der Waals surface area contributed by atoms with Crippen LogP contribution in [0.4, 0.5) is 0 Å². The summed E-state index contributed by atoms with van der Waals surface area (Å²) in [5.41, 5.74) is 1.05. The third-order valence-corrected chi connectivity index (χ3v) is 3.59. The van der Waals surface area contributed by atoms with Gasteiger partial charge in [0.05, 0.1) is 24.4 Å². The lowest BCUT2D eigenvalue weighted by Crippen LogP contribution is -2.50. The molecule has 1 aliphatic heterocycles. The van der Waals surface area contributed by atoms with Crippen LogP contribution in [-0.2, 0) is 11.8 Å². The Morgan fingerprint density at radius 1 is 1.50 bits per heavy atom. The van der Waals surface area contributed by atoms with Gasteiger partial charge in [-0.2, -0.15) is 5.10 Å². The molecule has 0 spiro atoms. The molecule has 0 aromatic carbocycles. The number of rotatable bonds is 4. The van der Waals surface area contributed by atoms with Crippen molar-refractivity contribution in [2.24, 2.45) is 7.05 Å². The van der Waals surface area contributed by atoms with Crippen LogP contribution < -0.4 is 5.32 Å². The Kier molecular flexibility index (Phi) is 4.37. The highest BCUT2D eigenvalue weighted by Crippen LogP contribution is 2.21. The normalized spacial score (nSPS) is 23.5. The summed E-state index contributed by atoms with van der Waals surface area (Å²) in [6, 6.07) is 2.78. The molecule has 5 heteroatoms. The summed E-state index contributed by atoms with van der Waals surface area (Å²) in [6.07, 6.45) is 2.14. The molecule has 0 aliphatic carbocycles. The van der Waals surface area contributed by atoms with Gasteiger partial charge in [0.25, 0.3) is 0 Å². The minimum absolute atomic E-state index is 0.160. The molecule has 2 unspecified atom stereocenters. The smallest absolute Gasteiger partial charge is 0.0913 e. The van der Waals surface area contributed by atoms with E-state index >= 15 is 0 Å². The average molecular weight is 252 g/mol. The van der Waals surface area contributed by atoms with Crippen LogP contribution in [0.25, 0.3) is 0 Å². The van der Waals surface area contributed by atoms with E-state index in [-0.39, 0.29) is 12.1 Å². The number of likely N-dealkylation sites (N-methyl/N-ethyl adjacent to an activating group) is 1. The highest BCUT2D eigenvalue weighted by Gasteiger charge is 2.30. The van der Waals surface area contributed by atoms with E-state index < -0.39 is 0 Å². The molecule has 2 rings (SSSR count). The van der Waals surface area contributed by atoms with Crippen LogP contribution in [0.1, 0.15) is 25.6 Å². The zero-order valence-electron chi connectivity index (χ0n) is 11.8. The van der Waals surface area contributed by atoms with Crippen molar-refractivity contribution in [3.8, 4) is 0 Å². The molecule has 1 fully saturated rings. The first-order valence-corrected chi connectivity index (χ1v) is 6.64. The lowest BCUT2D eigenvalue weighted by Gasteiger charge is -2.38. The Morgan fingerprint density at radius 2 is 2.28 bits per heavy atom. The van der Waals surface area contributed by atoms with Gasteiger partial charge in [-0.3, -0.25) is 9.58 Å². The Morgan fingerprint density at radius 3 is 2.83 bits per heavy atom. The zero-order valence-corrected chi connectivity index (χ0v) is 11.8. The fourth-order valence-electron chi connectivity index (χ4n) is 2.49. The van der Waals surface area contributed by atoms with Crippen molar-refractivity contribution in [1.82, 2.24) is 20.0 Å². The lowest BCUT2D eigenvalue weighted by molar-refractivity contribution is -0.0557. The maximum Gasteiger partial charge on any atom is 0.0913 e. The number of aryl methyl sites for hydroxylation is 1. The largest absolute Gasteiger partial charge is 0.374 e. The second-order valence-electron chi connectivity index (χ2n) is 5.18. The van der Waals surface area contributed by atoms with Gasteiger partial charge in [-0.25, -0.2) is 0 Å². The zero-order chi connectivity index (χ0) is 13.1. The van der Waals surface area contributed by atoms with Crippen molar-refractivity contribution in [1.29, 1.82) is 0 Å². The molecule has 1 saturated heterocycles. The van der Waals surface area contributed by atoms with Crippen molar-refractivity contribution in [2.45, 2.75) is 32.0 Å². The summed E-state index contributed by atoms with van der Waals surface area (Å²) in [5.74, 6) is 0. The first kappa shape index (κ1) is 13.5. The van der Waals surface area contributed by atoms with Crippen LogP contribution in [0, 0.1) is 0 Å². The van der Waals surface area contributed by atoms with Crippen LogP contribution in [0.3, 0.4) is 0 Å². The SMILES string of the molecule is CNC(c1ccn(C)n1)C1CN(C(C)C)CCO1. The highest BCUT2D eigenvalue weighted by molar-refractivity contribution is 5.08. The molecule has 0 amide bonds. The Bertz CT molecular complexity index is 377. The van der Waals surface area contributed by atoms with Crippen LogP contribution in [-0.4, -0.2) is 53.6 Å². The minimum Gasteiger partial charge on any atom is -0.374 e. The number of hydrogen-bond acceptors (Lipinski definition) is 4. The van der Waals surface area contributed by atoms with Crippen LogP contribution in [0.2, 0.25) is 0 Å². The van der Waals surface area contributed by atoms with Gasteiger partial charge in [0, 0.05) is 32.4 Å². The van der Waals surface area contributed by atoms with Crippen molar-refractivity contribution in [3.05, 3.63) is 18.0 Å². The van der Waals surface area contributed by atoms with Gasteiger partial charge in [-0.1, -0.05) is 0 Å². The van der Waals surface area contributed by atoms with Crippen LogP contribution in [0.5, 0.6) is 0 Å². The van der Waals surface area contributed by atoms with Crippen molar-refractivity contribution in [3.63, 3.8) is 0 Å². The number of aromatic nitrogens is 2. The predicted octanol–water partition coefficient (Wildman–Crippen LogP) is 0.790. The Labute approximate surface area is 109 Å². The second-order valence-corrected chi connectivity index (χ2v) is 5.18. The van der Waals surface area contributed by atoms with Gasteiger partial charge in [0.2, 0.25) is 0 Å². The monoisotopic (exact) mass is 252 g/mol. The first-order valence-electron chi connectivity index (χ1n) is 6.64. The van der Waals surface area contributed by atoms with Crippen molar-refractivity contribution >= 4 is 0 Å². The maximum atomic E-state index is 5.92. The van der Waals surface area contributed by atoms with E-state index in [1.54, 1.807) is 0 Å². The van der Waals surface area contributed by atoms with Gasteiger partial charge in [0.15, 0.2) is 0 Å². The Balaban J connectivity index is 2.08. The summed E-state index contributed by atoms with van der Waals surface area (Å²) in [7, 11) is 3.91. The summed E-state index contributed by atoms with van der Waals surface area (Å²) in [6.45, 7) is 7.25. The molecule has 2 atom stereocenters. The molecule has 1 aliphatic rings.